The molecule has 2 unspecified atom stereocenters. The van der Waals surface area contributed by atoms with Gasteiger partial charge in [0.15, 0.2) is 0 Å². The summed E-state index contributed by atoms with van der Waals surface area (Å²) in [5.41, 5.74) is 11.2. The topological polar surface area (TPSA) is 103 Å². The van der Waals surface area contributed by atoms with Crippen LogP contribution in [-0.4, -0.2) is 73.6 Å². The van der Waals surface area contributed by atoms with Crippen molar-refractivity contribution in [1.82, 2.24) is 20.9 Å². The van der Waals surface area contributed by atoms with Gasteiger partial charge in [-0.1, -0.05) is 66.2 Å². The first kappa shape index (κ1) is 31.5. The maximum Gasteiger partial charge on any atom is 0.245 e. The van der Waals surface area contributed by atoms with Crippen molar-refractivity contribution < 1.29 is 9.59 Å². The first-order valence-electron chi connectivity index (χ1n) is 16.3. The minimum Gasteiger partial charge on any atom is -0.368 e. The summed E-state index contributed by atoms with van der Waals surface area (Å²) >= 11 is 6.14. The Morgan fingerprint density at radius 3 is 2.31 bits per heavy atom. The summed E-state index contributed by atoms with van der Waals surface area (Å²) in [6.45, 7) is 6.93. The van der Waals surface area contributed by atoms with Crippen molar-refractivity contribution in [3.8, 4) is 0 Å². The number of hydrogen-bond donors (Lipinski definition) is 4. The number of fused-ring (bicyclic) bond motifs is 1. The SMILES string of the molecule is CC(NC1CCCNC1)c1ccccc1N1CCN(C(=O)[C@@H](Cc2ccc(Cl)cc2)NC(=O)C2(N)Cc3ccccc3C2)CC1. The maximum absolute atomic E-state index is 14.1. The van der Waals surface area contributed by atoms with Crippen LogP contribution in [0.15, 0.2) is 72.8 Å². The number of halogens is 1. The Kier molecular flexibility index (Phi) is 9.75. The molecule has 9 heteroatoms. The van der Waals surface area contributed by atoms with Crippen molar-refractivity contribution in [2.75, 3.05) is 44.2 Å². The number of nitrogens with one attached hydrogen (secondary N) is 3. The lowest BCUT2D eigenvalue weighted by molar-refractivity contribution is -0.138. The van der Waals surface area contributed by atoms with Gasteiger partial charge in [0.1, 0.15) is 11.6 Å². The van der Waals surface area contributed by atoms with Gasteiger partial charge in [0.25, 0.3) is 0 Å². The van der Waals surface area contributed by atoms with Crippen molar-refractivity contribution >= 4 is 29.1 Å². The number of rotatable bonds is 9. The van der Waals surface area contributed by atoms with E-state index in [-0.39, 0.29) is 17.9 Å². The molecule has 3 aromatic rings. The summed E-state index contributed by atoms with van der Waals surface area (Å²) in [7, 11) is 0. The fourth-order valence-electron chi connectivity index (χ4n) is 7.13. The number of anilines is 1. The van der Waals surface area contributed by atoms with Gasteiger partial charge in [-0.2, -0.15) is 0 Å². The molecule has 2 aliphatic heterocycles. The number of benzene rings is 3. The second-order valence-electron chi connectivity index (χ2n) is 12.9. The zero-order chi connectivity index (χ0) is 31.4. The van der Waals surface area contributed by atoms with E-state index in [4.69, 9.17) is 17.3 Å². The predicted molar refractivity (Wildman–Crippen MR) is 181 cm³/mol. The van der Waals surface area contributed by atoms with Gasteiger partial charge in [0.05, 0.1) is 0 Å². The van der Waals surface area contributed by atoms with E-state index in [1.54, 1.807) is 0 Å². The number of para-hydroxylation sites is 1. The first-order chi connectivity index (χ1) is 21.8. The van der Waals surface area contributed by atoms with E-state index in [0.29, 0.717) is 43.4 Å². The van der Waals surface area contributed by atoms with E-state index in [2.05, 4.69) is 52.0 Å². The molecule has 2 heterocycles. The summed E-state index contributed by atoms with van der Waals surface area (Å²) in [6.07, 6.45) is 3.67. The molecule has 2 saturated heterocycles. The number of amides is 2. The van der Waals surface area contributed by atoms with Crippen molar-refractivity contribution in [1.29, 1.82) is 0 Å². The molecular formula is C36H45ClN6O2. The average Bonchev–Trinajstić information content (AvgIpc) is 3.43. The van der Waals surface area contributed by atoms with Crippen LogP contribution < -0.4 is 26.6 Å². The summed E-state index contributed by atoms with van der Waals surface area (Å²) in [5, 5.41) is 11.0. The summed E-state index contributed by atoms with van der Waals surface area (Å²) in [4.78, 5) is 32.1. The quantitative estimate of drug-likeness (QED) is 0.289. The standard InChI is InChI=1S/C36H45ClN6O2/c1-25(40-30-9-6-16-39-24-30)31-10-4-5-11-33(31)42-17-19-43(20-18-42)34(44)32(21-26-12-14-29(37)15-13-26)41-35(45)36(38)22-27-7-2-3-8-28(27)23-36/h2-5,7-8,10-15,25,30,32,39-40H,6,9,16-24,38H2,1H3,(H,41,45)/t25?,30?,32-/m1/s1. The van der Waals surface area contributed by atoms with Gasteiger partial charge >= 0.3 is 0 Å². The van der Waals surface area contributed by atoms with Gasteiger partial charge in [-0.25, -0.2) is 0 Å². The lowest BCUT2D eigenvalue weighted by Crippen LogP contribution is -2.61. The summed E-state index contributed by atoms with van der Waals surface area (Å²) < 4.78 is 0. The van der Waals surface area contributed by atoms with E-state index in [0.717, 1.165) is 42.9 Å². The van der Waals surface area contributed by atoms with Crippen LogP contribution in [0.3, 0.4) is 0 Å². The van der Waals surface area contributed by atoms with Crippen LogP contribution in [0.5, 0.6) is 0 Å². The molecule has 238 valence electrons. The van der Waals surface area contributed by atoms with Crippen LogP contribution in [0.2, 0.25) is 5.02 Å². The van der Waals surface area contributed by atoms with Crippen LogP contribution >= 0.6 is 11.6 Å². The lowest BCUT2D eigenvalue weighted by Gasteiger charge is -2.39. The molecule has 45 heavy (non-hydrogen) atoms. The third-order valence-electron chi connectivity index (χ3n) is 9.66. The molecule has 0 radical (unpaired) electrons. The van der Waals surface area contributed by atoms with E-state index >= 15 is 0 Å². The molecule has 2 amide bonds. The van der Waals surface area contributed by atoms with Gasteiger partial charge < -0.3 is 31.5 Å². The molecule has 3 aliphatic rings. The zero-order valence-corrected chi connectivity index (χ0v) is 26.9. The van der Waals surface area contributed by atoms with Gasteiger partial charge in [0.2, 0.25) is 11.8 Å². The Bertz CT molecular complexity index is 1460. The number of hydrogen-bond acceptors (Lipinski definition) is 6. The van der Waals surface area contributed by atoms with Gasteiger partial charge in [0, 0.05) is 61.9 Å². The molecule has 1 aliphatic carbocycles. The third kappa shape index (κ3) is 7.36. The fourth-order valence-corrected chi connectivity index (χ4v) is 7.26. The Morgan fingerprint density at radius 2 is 1.64 bits per heavy atom. The second kappa shape index (κ2) is 13.9. The van der Waals surface area contributed by atoms with E-state index in [1.165, 1.54) is 24.1 Å². The van der Waals surface area contributed by atoms with Crippen LogP contribution in [0.1, 0.15) is 48.1 Å². The van der Waals surface area contributed by atoms with E-state index in [9.17, 15) is 9.59 Å². The van der Waals surface area contributed by atoms with Gasteiger partial charge in [-0.3, -0.25) is 9.59 Å². The highest BCUT2D eigenvalue weighted by Crippen LogP contribution is 2.30. The highest BCUT2D eigenvalue weighted by atomic mass is 35.5. The number of carbonyl (C=O) groups is 2. The normalized spacial score (nSPS) is 20.7. The smallest absolute Gasteiger partial charge is 0.245 e. The molecule has 3 atom stereocenters. The lowest BCUT2D eigenvalue weighted by atomic mass is 9.94. The van der Waals surface area contributed by atoms with Crippen LogP contribution in [0.25, 0.3) is 0 Å². The zero-order valence-electron chi connectivity index (χ0n) is 26.1. The Hall–Kier alpha value is -3.43. The molecule has 5 N–H and O–H groups in total. The molecule has 6 rings (SSSR count). The number of piperazine rings is 1. The molecular weight excluding hydrogens is 584 g/mol. The summed E-state index contributed by atoms with van der Waals surface area (Å²) in [6, 6.07) is 24.0. The highest BCUT2D eigenvalue weighted by molar-refractivity contribution is 6.30. The maximum atomic E-state index is 14.1. The molecule has 8 nitrogen and oxygen atoms in total. The van der Waals surface area contributed by atoms with Crippen LogP contribution in [-0.2, 0) is 28.9 Å². The summed E-state index contributed by atoms with van der Waals surface area (Å²) in [5.74, 6) is -0.363. The van der Waals surface area contributed by atoms with Crippen molar-refractivity contribution in [2.45, 2.75) is 62.7 Å². The molecule has 0 spiro atoms. The Labute approximate surface area is 271 Å². The van der Waals surface area contributed by atoms with Gasteiger partial charge in [-0.05, 0) is 79.6 Å². The molecule has 0 saturated carbocycles. The van der Waals surface area contributed by atoms with Crippen molar-refractivity contribution in [3.63, 3.8) is 0 Å². The minimum absolute atomic E-state index is 0.0785. The minimum atomic E-state index is -1.08. The number of nitrogens with zero attached hydrogens (tertiary/aromatic N) is 2. The highest BCUT2D eigenvalue weighted by Gasteiger charge is 2.42. The first-order valence-corrected chi connectivity index (χ1v) is 16.7. The Balaban J connectivity index is 1.13. The largest absolute Gasteiger partial charge is 0.368 e. The number of nitrogens with two attached hydrogens (primary N) is 1. The van der Waals surface area contributed by atoms with Crippen LogP contribution in [0, 0.1) is 0 Å². The predicted octanol–water partition coefficient (Wildman–Crippen LogP) is 3.62. The second-order valence-corrected chi connectivity index (χ2v) is 13.4. The Morgan fingerprint density at radius 1 is 0.978 bits per heavy atom. The van der Waals surface area contributed by atoms with Crippen LogP contribution in [0.4, 0.5) is 5.69 Å². The van der Waals surface area contributed by atoms with E-state index < -0.39 is 11.6 Å². The third-order valence-corrected chi connectivity index (χ3v) is 9.91. The monoisotopic (exact) mass is 628 g/mol. The molecule has 3 aromatic carbocycles. The van der Waals surface area contributed by atoms with Crippen molar-refractivity contribution in [3.05, 3.63) is 100 Å². The number of carbonyl (C=O) groups excluding carboxylic acids is 2. The fraction of sp³-hybridized carbons (Fsp3) is 0.444. The molecule has 0 bridgehead atoms. The average molecular weight is 629 g/mol. The van der Waals surface area contributed by atoms with Gasteiger partial charge in [-0.15, -0.1) is 0 Å². The van der Waals surface area contributed by atoms with E-state index in [1.807, 2.05) is 53.4 Å². The molecule has 0 aromatic heterocycles. The molecule has 2 fully saturated rings. The van der Waals surface area contributed by atoms with Crippen molar-refractivity contribution in [2.24, 2.45) is 5.73 Å². The number of piperidine rings is 1.